The van der Waals surface area contributed by atoms with E-state index in [0.717, 1.165) is 62.2 Å². The van der Waals surface area contributed by atoms with E-state index in [1.54, 1.807) is 6.07 Å². The van der Waals surface area contributed by atoms with Crippen LogP contribution in [0.4, 0.5) is 24.0 Å². The molecule has 0 amide bonds. The standard InChI is InChI=1S/C25H23Cl2F3N4O3S/c26-17-2-1-15(19(27)13-17)14-32-7-3-24(4-8-32)5-9-33(10-6-24)23-31-22(35)18-11-16(25(28,29)30)12-20(34(36)37)21(18)38-23/h1-2,11-13H,3-10,14H2. The van der Waals surface area contributed by atoms with Crippen LogP contribution in [0.2, 0.25) is 10.0 Å². The largest absolute Gasteiger partial charge is 0.416 e. The predicted molar refractivity (Wildman–Crippen MR) is 142 cm³/mol. The van der Waals surface area contributed by atoms with Gasteiger partial charge in [-0.2, -0.15) is 18.2 Å². The lowest BCUT2D eigenvalue weighted by molar-refractivity contribution is -0.383. The fourth-order valence-corrected chi connectivity index (χ4v) is 6.91. The van der Waals surface area contributed by atoms with E-state index in [-0.39, 0.29) is 15.5 Å². The summed E-state index contributed by atoms with van der Waals surface area (Å²) in [7, 11) is 0. The van der Waals surface area contributed by atoms with Crippen molar-refractivity contribution in [3.05, 3.63) is 72.0 Å². The molecule has 2 aromatic carbocycles. The molecule has 0 bridgehead atoms. The quantitative estimate of drug-likeness (QED) is 0.248. The van der Waals surface area contributed by atoms with Crippen LogP contribution in [0.25, 0.3) is 10.1 Å². The SMILES string of the molecule is O=c1nc(N2CCC3(CCN(Cc4ccc(Cl)cc4Cl)CC3)CC2)sc2c([N+](=O)[O-])cc(C(F)(F)F)cc12. The molecule has 7 nitrogen and oxygen atoms in total. The molecule has 38 heavy (non-hydrogen) atoms. The van der Waals surface area contributed by atoms with Gasteiger partial charge < -0.3 is 4.90 Å². The van der Waals surface area contributed by atoms with Crippen molar-refractivity contribution < 1.29 is 18.1 Å². The van der Waals surface area contributed by atoms with E-state index < -0.39 is 27.9 Å². The fourth-order valence-electron chi connectivity index (χ4n) is 5.32. The minimum atomic E-state index is -4.81. The highest BCUT2D eigenvalue weighted by Gasteiger charge is 2.39. The molecular weight excluding hydrogens is 564 g/mol. The van der Waals surface area contributed by atoms with Gasteiger partial charge in [0.05, 0.1) is 15.9 Å². The zero-order chi connectivity index (χ0) is 27.2. The summed E-state index contributed by atoms with van der Waals surface area (Å²) in [6.07, 6.45) is -1.04. The Kier molecular flexibility index (Phi) is 7.32. The zero-order valence-corrected chi connectivity index (χ0v) is 22.4. The average molecular weight is 587 g/mol. The van der Waals surface area contributed by atoms with Crippen molar-refractivity contribution in [3.63, 3.8) is 0 Å². The molecule has 0 N–H and O–H groups in total. The molecule has 2 aliphatic rings. The average Bonchev–Trinajstić information content (AvgIpc) is 2.86. The van der Waals surface area contributed by atoms with Crippen LogP contribution in [-0.2, 0) is 12.7 Å². The lowest BCUT2D eigenvalue weighted by Gasteiger charge is -2.47. The summed E-state index contributed by atoms with van der Waals surface area (Å²) in [4.78, 5) is 31.7. The maximum absolute atomic E-state index is 13.2. The van der Waals surface area contributed by atoms with Gasteiger partial charge >= 0.3 is 6.18 Å². The molecule has 0 aliphatic carbocycles. The Balaban J connectivity index is 1.29. The molecule has 3 aromatic rings. The molecule has 13 heteroatoms. The summed E-state index contributed by atoms with van der Waals surface area (Å²) in [5.41, 5.74) is -1.66. The normalized spacial score (nSPS) is 18.3. The third kappa shape index (κ3) is 5.47. The Bertz CT molecular complexity index is 1450. The highest BCUT2D eigenvalue weighted by atomic mass is 35.5. The molecule has 0 atom stereocenters. The molecule has 1 spiro atoms. The highest BCUT2D eigenvalue weighted by molar-refractivity contribution is 7.22. The number of hydrogen-bond donors (Lipinski definition) is 0. The Morgan fingerprint density at radius 3 is 2.32 bits per heavy atom. The van der Waals surface area contributed by atoms with Crippen molar-refractivity contribution in [1.29, 1.82) is 0 Å². The Hall–Kier alpha value is -2.47. The van der Waals surface area contributed by atoms with Crippen molar-refractivity contribution >= 4 is 55.4 Å². The van der Waals surface area contributed by atoms with Gasteiger partial charge in [0.15, 0.2) is 5.13 Å². The van der Waals surface area contributed by atoms with Crippen molar-refractivity contribution in [1.82, 2.24) is 9.88 Å². The predicted octanol–water partition coefficient (Wildman–Crippen LogP) is 6.77. The highest BCUT2D eigenvalue weighted by Crippen LogP contribution is 2.44. The van der Waals surface area contributed by atoms with Crippen molar-refractivity contribution in [2.75, 3.05) is 31.1 Å². The molecule has 0 radical (unpaired) electrons. The van der Waals surface area contributed by atoms with Gasteiger partial charge in [0.1, 0.15) is 4.70 Å². The summed E-state index contributed by atoms with van der Waals surface area (Å²) in [6, 6.07) is 6.66. The van der Waals surface area contributed by atoms with Crippen LogP contribution in [0.15, 0.2) is 35.1 Å². The summed E-state index contributed by atoms with van der Waals surface area (Å²) in [6.45, 7) is 3.84. The second-order valence-corrected chi connectivity index (χ2v) is 11.7. The summed E-state index contributed by atoms with van der Waals surface area (Å²) in [5, 5.41) is 12.7. The molecule has 1 aromatic heterocycles. The van der Waals surface area contributed by atoms with E-state index >= 15 is 0 Å². The summed E-state index contributed by atoms with van der Waals surface area (Å²) in [5.74, 6) is 0. The minimum absolute atomic E-state index is 0.0903. The topological polar surface area (TPSA) is 79.6 Å². The van der Waals surface area contributed by atoms with E-state index in [2.05, 4.69) is 9.88 Å². The lowest BCUT2D eigenvalue weighted by atomic mass is 9.71. The zero-order valence-electron chi connectivity index (χ0n) is 20.1. The van der Waals surface area contributed by atoms with Crippen LogP contribution in [0.3, 0.4) is 0 Å². The third-order valence-electron chi connectivity index (χ3n) is 7.63. The van der Waals surface area contributed by atoms with Gasteiger partial charge in [0, 0.05) is 35.7 Å². The number of nitrogens with zero attached hydrogens (tertiary/aromatic N) is 4. The summed E-state index contributed by atoms with van der Waals surface area (Å²) >= 11 is 13.2. The van der Waals surface area contributed by atoms with Gasteiger partial charge in [-0.3, -0.25) is 19.8 Å². The van der Waals surface area contributed by atoms with E-state index in [4.69, 9.17) is 23.2 Å². The van der Waals surface area contributed by atoms with Crippen molar-refractivity contribution in [2.45, 2.75) is 38.4 Å². The Morgan fingerprint density at radius 2 is 1.71 bits per heavy atom. The fraction of sp³-hybridized carbons (Fsp3) is 0.440. The van der Waals surface area contributed by atoms with Gasteiger partial charge in [-0.25, -0.2) is 0 Å². The number of hydrogen-bond acceptors (Lipinski definition) is 7. The minimum Gasteiger partial charge on any atom is -0.348 e. The summed E-state index contributed by atoms with van der Waals surface area (Å²) < 4.78 is 39.6. The Labute approximate surface area is 229 Å². The number of nitro groups is 1. The van der Waals surface area contributed by atoms with Crippen LogP contribution in [0.1, 0.15) is 36.8 Å². The van der Waals surface area contributed by atoms with Gasteiger partial charge in [0.25, 0.3) is 11.2 Å². The molecule has 0 unspecified atom stereocenters. The number of benzene rings is 2. The molecule has 2 fully saturated rings. The number of halogens is 5. The number of fused-ring (bicyclic) bond motifs is 1. The maximum atomic E-state index is 13.2. The number of anilines is 1. The van der Waals surface area contributed by atoms with Crippen LogP contribution < -0.4 is 10.5 Å². The second kappa shape index (κ2) is 10.3. The number of non-ortho nitro benzene ring substituents is 1. The van der Waals surface area contributed by atoms with Crippen molar-refractivity contribution in [3.8, 4) is 0 Å². The first kappa shape index (κ1) is 27.1. The maximum Gasteiger partial charge on any atom is 0.416 e. The van der Waals surface area contributed by atoms with E-state index in [9.17, 15) is 28.1 Å². The number of piperidine rings is 2. The number of likely N-dealkylation sites (tertiary alicyclic amines) is 1. The van der Waals surface area contributed by atoms with Crippen LogP contribution in [0, 0.1) is 15.5 Å². The number of rotatable bonds is 4. The monoisotopic (exact) mass is 586 g/mol. The molecule has 5 rings (SSSR count). The second-order valence-electron chi connectivity index (χ2n) is 9.93. The molecule has 202 valence electrons. The van der Waals surface area contributed by atoms with E-state index in [0.29, 0.717) is 40.4 Å². The first-order valence-corrected chi connectivity index (χ1v) is 13.6. The third-order valence-corrected chi connectivity index (χ3v) is 9.39. The molecule has 3 heterocycles. The smallest absolute Gasteiger partial charge is 0.348 e. The van der Waals surface area contributed by atoms with Gasteiger partial charge in [-0.1, -0.05) is 40.6 Å². The van der Waals surface area contributed by atoms with E-state index in [1.165, 1.54) is 0 Å². The van der Waals surface area contributed by atoms with Crippen molar-refractivity contribution in [2.24, 2.45) is 5.41 Å². The van der Waals surface area contributed by atoms with Gasteiger partial charge in [0.2, 0.25) is 0 Å². The van der Waals surface area contributed by atoms with Crippen LogP contribution in [0.5, 0.6) is 0 Å². The number of nitro benzene ring substituents is 1. The lowest BCUT2D eigenvalue weighted by Crippen LogP contribution is -2.47. The number of alkyl halides is 3. The molecule has 2 aliphatic heterocycles. The first-order chi connectivity index (χ1) is 17.9. The molecule has 0 saturated carbocycles. The van der Waals surface area contributed by atoms with Gasteiger partial charge in [-0.15, -0.1) is 0 Å². The van der Waals surface area contributed by atoms with Crippen LogP contribution >= 0.6 is 34.5 Å². The van der Waals surface area contributed by atoms with Gasteiger partial charge in [-0.05, 0) is 68.0 Å². The van der Waals surface area contributed by atoms with E-state index in [1.807, 2.05) is 17.0 Å². The number of aromatic nitrogens is 1. The molecule has 2 saturated heterocycles. The molecular formula is C25H23Cl2F3N4O3S. The first-order valence-electron chi connectivity index (χ1n) is 12.1. The Morgan fingerprint density at radius 1 is 1.05 bits per heavy atom. The van der Waals surface area contributed by atoms with Crippen LogP contribution in [-0.4, -0.2) is 41.0 Å².